The summed E-state index contributed by atoms with van der Waals surface area (Å²) in [5.41, 5.74) is 1.79. The fourth-order valence-corrected chi connectivity index (χ4v) is 3.08. The fourth-order valence-electron chi connectivity index (χ4n) is 2.75. The molecule has 1 saturated heterocycles. The van der Waals surface area contributed by atoms with Crippen LogP contribution in [-0.4, -0.2) is 40.6 Å². The number of amides is 1. The summed E-state index contributed by atoms with van der Waals surface area (Å²) in [7, 11) is 1.83. The number of aromatic amines is 1. The Morgan fingerprint density at radius 3 is 2.95 bits per heavy atom. The molecule has 1 N–H and O–H groups in total. The van der Waals surface area contributed by atoms with Gasteiger partial charge in [0.2, 0.25) is 5.91 Å². The van der Waals surface area contributed by atoms with Gasteiger partial charge in [-0.05, 0) is 37.7 Å². The van der Waals surface area contributed by atoms with Crippen LogP contribution >= 0.6 is 12.2 Å². The minimum absolute atomic E-state index is 0.115. The van der Waals surface area contributed by atoms with Crippen molar-refractivity contribution in [3.05, 3.63) is 23.0 Å². The molecule has 0 spiro atoms. The van der Waals surface area contributed by atoms with Gasteiger partial charge in [0.1, 0.15) is 17.3 Å². The third-order valence-electron chi connectivity index (χ3n) is 3.73. The van der Waals surface area contributed by atoms with E-state index < -0.39 is 0 Å². The smallest absolute Gasteiger partial charge is 0.245 e. The maximum Gasteiger partial charge on any atom is 0.245 e. The Hall–Kier alpha value is -1.82. The van der Waals surface area contributed by atoms with Crippen LogP contribution in [0, 0.1) is 4.77 Å². The SMILES string of the molecule is CCOc1cccc2c1[nH]c(=S)n2C1CCN(C)C1=O. The largest absolute Gasteiger partial charge is 0.492 e. The summed E-state index contributed by atoms with van der Waals surface area (Å²) in [4.78, 5) is 17.1. The first kappa shape index (κ1) is 13.2. The van der Waals surface area contributed by atoms with E-state index >= 15 is 0 Å². The summed E-state index contributed by atoms with van der Waals surface area (Å²) in [6.45, 7) is 3.30. The number of para-hydroxylation sites is 1. The summed E-state index contributed by atoms with van der Waals surface area (Å²) in [6.07, 6.45) is 0.787. The van der Waals surface area contributed by atoms with Crippen LogP contribution in [-0.2, 0) is 4.79 Å². The zero-order chi connectivity index (χ0) is 14.3. The highest BCUT2D eigenvalue weighted by atomic mass is 32.1. The van der Waals surface area contributed by atoms with Crippen LogP contribution in [0.2, 0.25) is 0 Å². The van der Waals surface area contributed by atoms with Crippen molar-refractivity contribution in [3.8, 4) is 5.75 Å². The number of hydrogen-bond donors (Lipinski definition) is 1. The first-order valence-electron chi connectivity index (χ1n) is 6.74. The highest BCUT2D eigenvalue weighted by Crippen LogP contribution is 2.31. The molecule has 0 radical (unpaired) electrons. The van der Waals surface area contributed by atoms with Gasteiger partial charge in [-0.3, -0.25) is 4.79 Å². The molecule has 1 unspecified atom stereocenters. The number of likely N-dealkylation sites (N-methyl/N-ethyl adjacent to an activating group) is 1. The number of aromatic nitrogens is 2. The maximum atomic E-state index is 12.2. The zero-order valence-corrected chi connectivity index (χ0v) is 12.4. The zero-order valence-electron chi connectivity index (χ0n) is 11.5. The van der Waals surface area contributed by atoms with E-state index in [1.165, 1.54) is 0 Å². The molecule has 6 heteroatoms. The van der Waals surface area contributed by atoms with Gasteiger partial charge in [-0.25, -0.2) is 0 Å². The number of carbonyl (C=O) groups excluding carboxylic acids is 1. The van der Waals surface area contributed by atoms with Crippen LogP contribution in [0.4, 0.5) is 0 Å². The van der Waals surface area contributed by atoms with E-state index in [1.807, 2.05) is 36.7 Å². The van der Waals surface area contributed by atoms with Gasteiger partial charge in [0.05, 0.1) is 12.1 Å². The van der Waals surface area contributed by atoms with E-state index in [0.29, 0.717) is 11.4 Å². The molecule has 1 amide bonds. The Morgan fingerprint density at radius 2 is 2.30 bits per heavy atom. The predicted molar refractivity (Wildman–Crippen MR) is 79.6 cm³/mol. The predicted octanol–water partition coefficient (Wildman–Crippen LogP) is 2.50. The highest BCUT2D eigenvalue weighted by Gasteiger charge is 2.32. The topological polar surface area (TPSA) is 50.3 Å². The molecular weight excluding hydrogens is 274 g/mol. The number of carbonyl (C=O) groups is 1. The van der Waals surface area contributed by atoms with Gasteiger partial charge in [0.15, 0.2) is 4.77 Å². The number of benzene rings is 1. The molecule has 1 aliphatic heterocycles. The minimum atomic E-state index is -0.210. The van der Waals surface area contributed by atoms with Crippen LogP contribution < -0.4 is 4.74 Å². The standard InChI is InChI=1S/C14H17N3O2S/c1-3-19-11-6-4-5-9-12(11)15-14(20)17(9)10-7-8-16(2)13(10)18/h4-6,10H,3,7-8H2,1-2H3,(H,15,20). The summed E-state index contributed by atoms with van der Waals surface area (Å²) < 4.78 is 8.10. The van der Waals surface area contributed by atoms with E-state index in [1.54, 1.807) is 4.90 Å². The van der Waals surface area contributed by atoms with Crippen molar-refractivity contribution in [1.29, 1.82) is 0 Å². The Morgan fingerprint density at radius 1 is 1.50 bits per heavy atom. The Bertz CT molecular complexity index is 719. The summed E-state index contributed by atoms with van der Waals surface area (Å²) >= 11 is 5.41. The van der Waals surface area contributed by atoms with Crippen molar-refractivity contribution in [2.24, 2.45) is 0 Å². The molecular formula is C14H17N3O2S. The lowest BCUT2D eigenvalue weighted by Gasteiger charge is -2.13. The lowest BCUT2D eigenvalue weighted by Crippen LogP contribution is -2.24. The average molecular weight is 291 g/mol. The lowest BCUT2D eigenvalue weighted by molar-refractivity contribution is -0.129. The van der Waals surface area contributed by atoms with Crippen molar-refractivity contribution < 1.29 is 9.53 Å². The van der Waals surface area contributed by atoms with Crippen LogP contribution in [0.1, 0.15) is 19.4 Å². The second kappa shape index (κ2) is 4.94. The Labute approximate surface area is 122 Å². The molecule has 1 aromatic heterocycles. The third-order valence-corrected chi connectivity index (χ3v) is 4.02. The molecule has 0 saturated carbocycles. The molecule has 106 valence electrons. The molecule has 20 heavy (non-hydrogen) atoms. The van der Waals surface area contributed by atoms with Crippen LogP contribution in [0.15, 0.2) is 18.2 Å². The molecule has 2 heterocycles. The van der Waals surface area contributed by atoms with Crippen LogP contribution in [0.25, 0.3) is 11.0 Å². The van der Waals surface area contributed by atoms with Crippen molar-refractivity contribution >= 4 is 29.2 Å². The van der Waals surface area contributed by atoms with Crippen LogP contribution in [0.3, 0.4) is 0 Å². The first-order chi connectivity index (χ1) is 9.63. The highest BCUT2D eigenvalue weighted by molar-refractivity contribution is 7.71. The van der Waals surface area contributed by atoms with Crippen molar-refractivity contribution in [1.82, 2.24) is 14.5 Å². The molecule has 3 rings (SSSR count). The van der Waals surface area contributed by atoms with Crippen molar-refractivity contribution in [3.63, 3.8) is 0 Å². The number of imidazole rings is 1. The lowest BCUT2D eigenvalue weighted by atomic mass is 10.2. The number of fused-ring (bicyclic) bond motifs is 1. The molecule has 1 aliphatic rings. The van der Waals surface area contributed by atoms with Crippen molar-refractivity contribution in [2.75, 3.05) is 20.2 Å². The van der Waals surface area contributed by atoms with Gasteiger partial charge in [0, 0.05) is 13.6 Å². The number of hydrogen-bond acceptors (Lipinski definition) is 3. The van der Waals surface area contributed by atoms with E-state index in [4.69, 9.17) is 17.0 Å². The number of nitrogens with zero attached hydrogens (tertiary/aromatic N) is 2. The Balaban J connectivity index is 2.17. The summed E-state index contributed by atoms with van der Waals surface area (Å²) in [5, 5.41) is 0. The average Bonchev–Trinajstić information content (AvgIpc) is 2.92. The molecule has 0 bridgehead atoms. The quantitative estimate of drug-likeness (QED) is 0.884. The van der Waals surface area contributed by atoms with Crippen LogP contribution in [0.5, 0.6) is 5.75 Å². The third kappa shape index (κ3) is 1.91. The second-order valence-electron chi connectivity index (χ2n) is 4.95. The minimum Gasteiger partial charge on any atom is -0.492 e. The van der Waals surface area contributed by atoms with E-state index in [0.717, 1.165) is 29.7 Å². The van der Waals surface area contributed by atoms with E-state index in [2.05, 4.69) is 4.98 Å². The summed E-state index contributed by atoms with van der Waals surface area (Å²) in [5.74, 6) is 0.887. The molecule has 2 aromatic rings. The molecule has 0 aliphatic carbocycles. The monoisotopic (exact) mass is 291 g/mol. The van der Waals surface area contributed by atoms with Gasteiger partial charge in [0.25, 0.3) is 0 Å². The number of H-pyrrole nitrogens is 1. The number of ether oxygens (including phenoxy) is 1. The van der Waals surface area contributed by atoms with Gasteiger partial charge >= 0.3 is 0 Å². The van der Waals surface area contributed by atoms with Gasteiger partial charge < -0.3 is 19.2 Å². The summed E-state index contributed by atoms with van der Waals surface area (Å²) in [6, 6.07) is 5.59. The normalized spacial score (nSPS) is 19.0. The number of rotatable bonds is 3. The second-order valence-corrected chi connectivity index (χ2v) is 5.33. The fraction of sp³-hybridized carbons (Fsp3) is 0.429. The van der Waals surface area contributed by atoms with Gasteiger partial charge in [-0.1, -0.05) is 6.07 Å². The van der Waals surface area contributed by atoms with Gasteiger partial charge in [-0.2, -0.15) is 0 Å². The molecule has 1 fully saturated rings. The molecule has 5 nitrogen and oxygen atoms in total. The maximum absolute atomic E-state index is 12.2. The number of likely N-dealkylation sites (tertiary alicyclic amines) is 1. The van der Waals surface area contributed by atoms with Crippen molar-refractivity contribution in [2.45, 2.75) is 19.4 Å². The van der Waals surface area contributed by atoms with E-state index in [9.17, 15) is 4.79 Å². The van der Waals surface area contributed by atoms with Gasteiger partial charge in [-0.15, -0.1) is 0 Å². The molecule has 1 atom stereocenters. The number of nitrogens with one attached hydrogen (secondary N) is 1. The van der Waals surface area contributed by atoms with E-state index in [-0.39, 0.29) is 11.9 Å². The Kier molecular flexibility index (Phi) is 3.25. The first-order valence-corrected chi connectivity index (χ1v) is 7.15. The molecule has 1 aromatic carbocycles.